The first kappa shape index (κ1) is 60.5. The first-order valence-electron chi connectivity index (χ1n) is 28.3. The van der Waals surface area contributed by atoms with Crippen molar-refractivity contribution in [3.63, 3.8) is 0 Å². The SMILES string of the molecule is COc1cc(CNC(=O)c2ccc3c(c2)c(C)c(C)n3Cc2ccc(-c3ccccc3C(=O)O)cc2)cc(OC)c1.COc1cc(CNC(=O)c2ccc3c(c2)c(C)c(C)n3Cc2ccc(-c3ccccc3C(=O)OC(C)(C)C)cc2)cc(OC)c1. The van der Waals surface area contributed by atoms with E-state index in [1.54, 1.807) is 58.8 Å². The van der Waals surface area contributed by atoms with E-state index < -0.39 is 11.6 Å². The Morgan fingerprint density at radius 1 is 0.453 bits per heavy atom. The third-order valence-electron chi connectivity index (χ3n) is 15.4. The second-order valence-electron chi connectivity index (χ2n) is 22.2. The van der Waals surface area contributed by atoms with Gasteiger partial charge in [0, 0.05) is 82.6 Å². The molecular formula is C72H72N4O10. The third kappa shape index (κ3) is 13.8. The number of methoxy groups -OCH3 is 4. The topological polar surface area (TPSA) is 169 Å². The summed E-state index contributed by atoms with van der Waals surface area (Å²) in [5, 5.41) is 17.6. The average molecular weight is 1150 g/mol. The number of rotatable bonds is 18. The summed E-state index contributed by atoms with van der Waals surface area (Å²) in [6, 6.07) is 53.6. The van der Waals surface area contributed by atoms with Gasteiger partial charge in [0.1, 0.15) is 28.6 Å². The van der Waals surface area contributed by atoms with Crippen LogP contribution in [0.5, 0.6) is 23.0 Å². The zero-order valence-corrected chi connectivity index (χ0v) is 50.5. The predicted octanol–water partition coefficient (Wildman–Crippen LogP) is 14.5. The third-order valence-corrected chi connectivity index (χ3v) is 15.4. The van der Waals surface area contributed by atoms with Gasteiger partial charge in [0.25, 0.3) is 11.8 Å². The molecule has 14 nitrogen and oxygen atoms in total. The molecule has 0 aliphatic heterocycles. The van der Waals surface area contributed by atoms with Gasteiger partial charge in [-0.1, -0.05) is 84.9 Å². The summed E-state index contributed by atoms with van der Waals surface area (Å²) in [7, 11) is 6.40. The Balaban J connectivity index is 0.000000206. The number of carboxylic acid groups (broad SMARTS) is 1. The van der Waals surface area contributed by atoms with Crippen molar-refractivity contribution in [2.75, 3.05) is 28.4 Å². The van der Waals surface area contributed by atoms with Crippen LogP contribution in [-0.2, 0) is 30.9 Å². The number of hydrogen-bond acceptors (Lipinski definition) is 9. The van der Waals surface area contributed by atoms with Gasteiger partial charge in [-0.05, 0) is 177 Å². The molecule has 0 unspecified atom stereocenters. The molecule has 3 N–H and O–H groups in total. The van der Waals surface area contributed by atoms with Crippen LogP contribution in [0.25, 0.3) is 44.1 Å². The van der Waals surface area contributed by atoms with E-state index in [2.05, 4.69) is 59.6 Å². The number of aromatic carboxylic acids is 1. The van der Waals surface area contributed by atoms with E-state index in [1.165, 1.54) is 0 Å². The maximum absolute atomic E-state index is 13.1. The standard InChI is InChI=1S/C38H40N2O5.C34H32N2O5/c1-24-25(2)40(23-26-12-14-28(15-13-26)32-10-8-9-11-33(32)37(42)45-38(3,4)5)35-17-16-29(20-34(24)35)36(41)39-22-27-18-30(43-6)21-31(19-27)44-7;1-21-22(2)36(20-23-9-11-25(12-10-23)29-7-5-6-8-30(29)34(38)39)32-14-13-26(17-31(21)32)33(37)35-19-24-15-27(40-3)18-28(16-24)41-4/h8-21H,22-23H2,1-7H3,(H,39,41);5-18H,19-20H2,1-4H3,(H,35,37)(H,38,39). The van der Waals surface area contributed by atoms with Crippen molar-refractivity contribution in [3.05, 3.63) is 237 Å². The van der Waals surface area contributed by atoms with Crippen molar-refractivity contribution in [2.24, 2.45) is 0 Å². The van der Waals surface area contributed by atoms with Crippen LogP contribution in [0.15, 0.2) is 170 Å². The molecule has 10 aromatic rings. The number of fused-ring (bicyclic) bond motifs is 2. The highest BCUT2D eigenvalue weighted by atomic mass is 16.6. The number of benzene rings is 8. The first-order valence-corrected chi connectivity index (χ1v) is 28.3. The summed E-state index contributed by atoms with van der Waals surface area (Å²) in [6.45, 7) is 16.0. The zero-order chi connectivity index (χ0) is 61.4. The number of nitrogens with zero attached hydrogens (tertiary/aromatic N) is 2. The second kappa shape index (κ2) is 26.2. The molecule has 0 spiro atoms. The molecule has 440 valence electrons. The summed E-state index contributed by atoms with van der Waals surface area (Å²) in [6.07, 6.45) is 0. The fourth-order valence-corrected chi connectivity index (χ4v) is 10.6. The molecule has 2 aromatic heterocycles. The van der Waals surface area contributed by atoms with E-state index in [0.717, 1.165) is 83.3 Å². The monoisotopic (exact) mass is 1150 g/mol. The van der Waals surface area contributed by atoms with Gasteiger partial charge < -0.3 is 48.6 Å². The number of amides is 2. The predicted molar refractivity (Wildman–Crippen MR) is 338 cm³/mol. The highest BCUT2D eigenvalue weighted by molar-refractivity contribution is 6.01. The maximum Gasteiger partial charge on any atom is 0.339 e. The Labute approximate surface area is 501 Å². The molecular weight excluding hydrogens is 1080 g/mol. The Hall–Kier alpha value is -10.1. The number of esters is 1. The number of nitrogens with one attached hydrogen (secondary N) is 2. The van der Waals surface area contributed by atoms with Crippen LogP contribution in [0.1, 0.15) is 107 Å². The Morgan fingerprint density at radius 3 is 1.20 bits per heavy atom. The van der Waals surface area contributed by atoms with Gasteiger partial charge in [-0.2, -0.15) is 0 Å². The number of carboxylic acids is 1. The molecule has 2 amide bonds. The molecule has 86 heavy (non-hydrogen) atoms. The van der Waals surface area contributed by atoms with Gasteiger partial charge >= 0.3 is 11.9 Å². The van der Waals surface area contributed by atoms with Crippen molar-refractivity contribution >= 4 is 45.6 Å². The van der Waals surface area contributed by atoms with E-state index in [4.69, 9.17) is 23.7 Å². The fourth-order valence-electron chi connectivity index (χ4n) is 10.6. The molecule has 0 saturated carbocycles. The average Bonchev–Trinajstić information content (AvgIpc) is 2.16. The molecule has 0 aliphatic rings. The minimum Gasteiger partial charge on any atom is -0.497 e. The van der Waals surface area contributed by atoms with E-state index in [-0.39, 0.29) is 23.3 Å². The Kier molecular flexibility index (Phi) is 18.5. The second-order valence-corrected chi connectivity index (χ2v) is 22.2. The number of hydrogen-bond donors (Lipinski definition) is 3. The van der Waals surface area contributed by atoms with Gasteiger partial charge in [0.05, 0.1) is 39.6 Å². The van der Waals surface area contributed by atoms with Crippen LogP contribution in [-0.4, -0.2) is 72.0 Å². The normalized spacial score (nSPS) is 11.2. The van der Waals surface area contributed by atoms with E-state index in [9.17, 15) is 24.3 Å². The minimum absolute atomic E-state index is 0.147. The molecule has 0 atom stereocenters. The van der Waals surface area contributed by atoms with E-state index >= 15 is 0 Å². The van der Waals surface area contributed by atoms with Gasteiger partial charge in [0.15, 0.2) is 0 Å². The van der Waals surface area contributed by atoms with Gasteiger partial charge in [-0.25, -0.2) is 9.59 Å². The number of ether oxygens (including phenoxy) is 5. The lowest BCUT2D eigenvalue weighted by molar-refractivity contribution is 0.00699. The van der Waals surface area contributed by atoms with Crippen molar-refractivity contribution in [2.45, 2.75) is 80.2 Å². The molecule has 0 aliphatic carbocycles. The summed E-state index contributed by atoms with van der Waals surface area (Å²) in [5.41, 5.74) is 15.4. The molecule has 0 bridgehead atoms. The maximum atomic E-state index is 13.1. The summed E-state index contributed by atoms with van der Waals surface area (Å²) >= 11 is 0. The summed E-state index contributed by atoms with van der Waals surface area (Å²) < 4.78 is 31.5. The highest BCUT2D eigenvalue weighted by Gasteiger charge is 2.22. The van der Waals surface area contributed by atoms with Crippen molar-refractivity contribution < 1.29 is 48.0 Å². The fraction of sp³-hybridized carbons (Fsp3) is 0.222. The van der Waals surface area contributed by atoms with Crippen LogP contribution in [0, 0.1) is 27.7 Å². The van der Waals surface area contributed by atoms with Crippen LogP contribution < -0.4 is 29.6 Å². The number of carbonyl (C=O) groups is 4. The summed E-state index contributed by atoms with van der Waals surface area (Å²) in [5.74, 6) is 1.11. The van der Waals surface area contributed by atoms with E-state index in [0.29, 0.717) is 71.4 Å². The van der Waals surface area contributed by atoms with Crippen LogP contribution in [0.2, 0.25) is 0 Å². The van der Waals surface area contributed by atoms with Gasteiger partial charge in [0.2, 0.25) is 0 Å². The lowest BCUT2D eigenvalue weighted by Gasteiger charge is -2.20. The van der Waals surface area contributed by atoms with Gasteiger partial charge in [-0.3, -0.25) is 9.59 Å². The molecule has 10 rings (SSSR count). The van der Waals surface area contributed by atoms with Crippen molar-refractivity contribution in [1.82, 2.24) is 19.8 Å². The lowest BCUT2D eigenvalue weighted by atomic mass is 9.98. The largest absolute Gasteiger partial charge is 0.497 e. The van der Waals surface area contributed by atoms with Gasteiger partial charge in [-0.15, -0.1) is 0 Å². The Bertz CT molecular complexity index is 4100. The van der Waals surface area contributed by atoms with Crippen molar-refractivity contribution in [1.29, 1.82) is 0 Å². The van der Waals surface area contributed by atoms with E-state index in [1.807, 2.05) is 148 Å². The molecule has 0 fully saturated rings. The number of aromatic nitrogens is 2. The number of aryl methyl sites for hydroxylation is 2. The Morgan fingerprint density at radius 2 is 0.826 bits per heavy atom. The quantitative estimate of drug-likeness (QED) is 0.0703. The molecule has 14 heteroatoms. The van der Waals surface area contributed by atoms with Crippen molar-refractivity contribution in [3.8, 4) is 45.3 Å². The smallest absolute Gasteiger partial charge is 0.339 e. The molecule has 8 aromatic carbocycles. The zero-order valence-electron chi connectivity index (χ0n) is 50.5. The molecule has 2 heterocycles. The molecule has 0 saturated heterocycles. The summed E-state index contributed by atoms with van der Waals surface area (Å²) in [4.78, 5) is 50.7. The first-order chi connectivity index (χ1) is 41.2. The van der Waals surface area contributed by atoms with Crippen LogP contribution >= 0.6 is 0 Å². The highest BCUT2D eigenvalue weighted by Crippen LogP contribution is 2.33. The van der Waals surface area contributed by atoms with Crippen LogP contribution in [0.3, 0.4) is 0 Å². The number of carbonyl (C=O) groups excluding carboxylic acids is 3. The molecule has 0 radical (unpaired) electrons. The van der Waals surface area contributed by atoms with Crippen LogP contribution in [0.4, 0.5) is 0 Å². The minimum atomic E-state index is -0.942. The lowest BCUT2D eigenvalue weighted by Crippen LogP contribution is -2.24.